The second-order valence-electron chi connectivity index (χ2n) is 13.9. The highest BCUT2D eigenvalue weighted by atomic mass is 16.7. The Balaban J connectivity index is 1.53. The third-order valence-corrected chi connectivity index (χ3v) is 11.3. The number of carbonyl (C=O) groups is 3. The molecule has 0 saturated heterocycles. The Morgan fingerprint density at radius 2 is 1.53 bits per heavy atom. The summed E-state index contributed by atoms with van der Waals surface area (Å²) in [5, 5.41) is 0. The minimum atomic E-state index is -1.22. The van der Waals surface area contributed by atoms with Crippen LogP contribution in [0.4, 0.5) is 0 Å². The Morgan fingerprint density at radius 3 is 2.14 bits per heavy atom. The van der Waals surface area contributed by atoms with Gasteiger partial charge < -0.3 is 9.47 Å². The van der Waals surface area contributed by atoms with Gasteiger partial charge in [-0.25, -0.2) is 0 Å². The molecule has 4 aliphatic rings. The summed E-state index contributed by atoms with van der Waals surface area (Å²) in [7, 11) is 0. The summed E-state index contributed by atoms with van der Waals surface area (Å²) in [6, 6.07) is 0. The molecular formula is C31H50O5. The molecule has 36 heavy (non-hydrogen) atoms. The number of fused-ring (bicyclic) bond motifs is 5. The van der Waals surface area contributed by atoms with E-state index in [2.05, 4.69) is 34.6 Å². The van der Waals surface area contributed by atoms with E-state index in [4.69, 9.17) is 9.47 Å². The number of Topliss-reactive ketones (excluding diaryl/α,β-unsaturated/α-hetero) is 1. The number of rotatable bonds is 7. The van der Waals surface area contributed by atoms with Crippen molar-refractivity contribution in [1.82, 2.24) is 0 Å². The molecule has 0 bridgehead atoms. The predicted octanol–water partition coefficient (Wildman–Crippen LogP) is 7.11. The third kappa shape index (κ3) is 4.89. The fraction of sp³-hybridized carbons (Fsp3) is 0.903. The van der Waals surface area contributed by atoms with Crippen LogP contribution in [-0.2, 0) is 23.9 Å². The molecule has 0 aromatic rings. The van der Waals surface area contributed by atoms with Crippen molar-refractivity contribution in [2.75, 3.05) is 0 Å². The average molecular weight is 503 g/mol. The predicted molar refractivity (Wildman–Crippen MR) is 140 cm³/mol. The Bertz CT molecular complexity index is 847. The van der Waals surface area contributed by atoms with Crippen molar-refractivity contribution in [3.63, 3.8) is 0 Å². The average Bonchev–Trinajstić information content (AvgIpc) is 3.11. The molecular weight excluding hydrogens is 452 g/mol. The van der Waals surface area contributed by atoms with Gasteiger partial charge in [0.25, 0.3) is 5.79 Å². The Labute approximate surface area is 218 Å². The molecule has 4 saturated carbocycles. The van der Waals surface area contributed by atoms with Crippen LogP contribution >= 0.6 is 0 Å². The summed E-state index contributed by atoms with van der Waals surface area (Å²) in [4.78, 5) is 37.7. The second-order valence-corrected chi connectivity index (χ2v) is 13.9. The lowest BCUT2D eigenvalue weighted by Crippen LogP contribution is -2.60. The summed E-state index contributed by atoms with van der Waals surface area (Å²) >= 11 is 0. The number of hydrogen-bond acceptors (Lipinski definition) is 5. The van der Waals surface area contributed by atoms with Gasteiger partial charge in [-0.3, -0.25) is 14.4 Å². The fourth-order valence-electron chi connectivity index (χ4n) is 9.63. The molecule has 0 aromatic carbocycles. The highest BCUT2D eigenvalue weighted by Crippen LogP contribution is 2.68. The van der Waals surface area contributed by atoms with E-state index >= 15 is 0 Å². The first-order chi connectivity index (χ1) is 16.8. The summed E-state index contributed by atoms with van der Waals surface area (Å²) in [6.45, 7) is 14.7. The highest BCUT2D eigenvalue weighted by molar-refractivity contribution is 5.83. The summed E-state index contributed by atoms with van der Waals surface area (Å²) < 4.78 is 11.3. The maximum atomic E-state index is 13.9. The minimum absolute atomic E-state index is 0.0185. The summed E-state index contributed by atoms with van der Waals surface area (Å²) in [5.74, 6) is 1.64. The van der Waals surface area contributed by atoms with Crippen LogP contribution < -0.4 is 0 Å². The Hall–Kier alpha value is -1.39. The largest absolute Gasteiger partial charge is 0.423 e. The van der Waals surface area contributed by atoms with E-state index in [1.54, 1.807) is 0 Å². The molecule has 0 aliphatic heterocycles. The first-order valence-electron chi connectivity index (χ1n) is 14.7. The van der Waals surface area contributed by atoms with Gasteiger partial charge in [0, 0.05) is 39.0 Å². The molecule has 0 spiro atoms. The molecule has 4 fully saturated rings. The van der Waals surface area contributed by atoms with Gasteiger partial charge in [-0.15, -0.1) is 0 Å². The molecule has 4 aliphatic carbocycles. The van der Waals surface area contributed by atoms with E-state index < -0.39 is 17.7 Å². The molecule has 204 valence electrons. The van der Waals surface area contributed by atoms with Crippen LogP contribution in [0.15, 0.2) is 0 Å². The maximum Gasteiger partial charge on any atom is 0.305 e. The van der Waals surface area contributed by atoms with Crippen molar-refractivity contribution in [2.24, 2.45) is 52.3 Å². The van der Waals surface area contributed by atoms with E-state index in [0.717, 1.165) is 30.6 Å². The van der Waals surface area contributed by atoms with Gasteiger partial charge in [0.15, 0.2) is 0 Å². The molecule has 4 rings (SSSR count). The molecule has 0 amide bonds. The zero-order chi connectivity index (χ0) is 26.5. The Morgan fingerprint density at radius 1 is 0.889 bits per heavy atom. The molecule has 0 N–H and O–H groups in total. The lowest BCUT2D eigenvalue weighted by atomic mass is 9.44. The van der Waals surface area contributed by atoms with Crippen molar-refractivity contribution < 1.29 is 23.9 Å². The van der Waals surface area contributed by atoms with Crippen molar-refractivity contribution in [2.45, 2.75) is 125 Å². The van der Waals surface area contributed by atoms with Gasteiger partial charge in [-0.1, -0.05) is 53.9 Å². The van der Waals surface area contributed by atoms with Gasteiger partial charge in [0.1, 0.15) is 5.78 Å². The van der Waals surface area contributed by atoms with Crippen LogP contribution in [0.1, 0.15) is 119 Å². The molecule has 0 radical (unpaired) electrons. The first-order valence-corrected chi connectivity index (χ1v) is 14.7. The fourth-order valence-corrected chi connectivity index (χ4v) is 9.63. The zero-order valence-corrected chi connectivity index (χ0v) is 23.9. The number of hydrogen-bond donors (Lipinski definition) is 0. The normalized spacial score (nSPS) is 40.1. The third-order valence-electron chi connectivity index (χ3n) is 11.3. The van der Waals surface area contributed by atoms with Gasteiger partial charge in [0.05, 0.1) is 0 Å². The van der Waals surface area contributed by atoms with Crippen LogP contribution in [0.25, 0.3) is 0 Å². The number of carbonyl (C=O) groups excluding carboxylic acids is 3. The van der Waals surface area contributed by atoms with Gasteiger partial charge >= 0.3 is 11.9 Å². The van der Waals surface area contributed by atoms with Gasteiger partial charge in [0.2, 0.25) is 0 Å². The van der Waals surface area contributed by atoms with Crippen LogP contribution in [0.3, 0.4) is 0 Å². The van der Waals surface area contributed by atoms with Crippen molar-refractivity contribution in [3.8, 4) is 0 Å². The van der Waals surface area contributed by atoms with E-state index in [1.165, 1.54) is 52.4 Å². The van der Waals surface area contributed by atoms with Crippen molar-refractivity contribution in [1.29, 1.82) is 0 Å². The second kappa shape index (κ2) is 10.1. The monoisotopic (exact) mass is 502 g/mol. The number of ether oxygens (including phenoxy) is 2. The van der Waals surface area contributed by atoms with Crippen LogP contribution in [0, 0.1) is 52.3 Å². The number of esters is 2. The van der Waals surface area contributed by atoms with Crippen LogP contribution in [0.2, 0.25) is 0 Å². The standard InChI is InChI=1S/C31H50O5/c1-19(2)9-8-10-20(3)24-11-12-25-28-26(13-14-30(24,25)7)29(6)15-16-31(35-21(4)32,36-22(5)33)18-23(29)17-27(28)34/h19-20,23-26,28H,8-18H2,1-7H3/t20-,23+,24-,25+,26+,28+,29+,30-/m1/s1. The van der Waals surface area contributed by atoms with Crippen molar-refractivity contribution >= 4 is 17.7 Å². The van der Waals surface area contributed by atoms with Gasteiger partial charge in [-0.05, 0) is 78.4 Å². The molecule has 5 heteroatoms. The molecule has 0 heterocycles. The van der Waals surface area contributed by atoms with Crippen LogP contribution in [0.5, 0.6) is 0 Å². The smallest absolute Gasteiger partial charge is 0.305 e. The number of ketones is 1. The van der Waals surface area contributed by atoms with E-state index in [-0.39, 0.29) is 22.7 Å². The Kier molecular flexibility index (Phi) is 7.72. The van der Waals surface area contributed by atoms with Crippen LogP contribution in [-0.4, -0.2) is 23.5 Å². The van der Waals surface area contributed by atoms with Crippen molar-refractivity contribution in [3.05, 3.63) is 0 Å². The minimum Gasteiger partial charge on any atom is -0.423 e. The quantitative estimate of drug-likeness (QED) is 0.274. The molecule has 0 unspecified atom stereocenters. The van der Waals surface area contributed by atoms with E-state index in [1.807, 2.05) is 0 Å². The lowest BCUT2D eigenvalue weighted by Gasteiger charge is -2.61. The zero-order valence-electron chi connectivity index (χ0n) is 23.9. The highest BCUT2D eigenvalue weighted by Gasteiger charge is 2.65. The lowest BCUT2D eigenvalue weighted by molar-refractivity contribution is -0.258. The molecule has 5 nitrogen and oxygen atoms in total. The molecule has 0 aromatic heterocycles. The summed E-state index contributed by atoms with van der Waals surface area (Å²) in [6.07, 6.45) is 11.0. The first kappa shape index (κ1) is 27.6. The SMILES string of the molecule is CC(=O)OC1(OC(C)=O)CC[C@@]2(C)[C@@H](CC(=O)[C@@H]3[C@@H]2CC[C@]2(C)[C@@H]([C@H](C)CCCC(C)C)CC[C@@H]32)C1. The van der Waals surface area contributed by atoms with Gasteiger partial charge in [-0.2, -0.15) is 0 Å². The van der Waals surface area contributed by atoms with E-state index in [0.29, 0.717) is 36.9 Å². The van der Waals surface area contributed by atoms with E-state index in [9.17, 15) is 14.4 Å². The summed E-state index contributed by atoms with van der Waals surface area (Å²) in [5.41, 5.74) is 0.288. The molecule has 8 atom stereocenters. The topological polar surface area (TPSA) is 69.7 Å². The maximum absolute atomic E-state index is 13.9.